The number of nitrogens with one attached hydrogen (secondary N) is 1. The second-order valence-electron chi connectivity index (χ2n) is 4.84. The van der Waals surface area contributed by atoms with E-state index in [0.29, 0.717) is 0 Å². The lowest BCUT2D eigenvalue weighted by Gasteiger charge is -2.20. The van der Waals surface area contributed by atoms with E-state index in [1.54, 1.807) is 12.1 Å². The maximum absolute atomic E-state index is 12.2. The molecule has 1 unspecified atom stereocenters. The molecule has 0 aliphatic rings. The zero-order chi connectivity index (χ0) is 15.4. The maximum Gasteiger partial charge on any atom is 0.387 e. The molecule has 0 saturated carbocycles. The molecule has 112 valence electrons. The van der Waals surface area contributed by atoms with Crippen molar-refractivity contribution < 1.29 is 13.5 Å². The number of ether oxygens (including phenoxy) is 1. The molecule has 0 heterocycles. The number of halogens is 2. The molecule has 2 aromatic rings. The van der Waals surface area contributed by atoms with Crippen molar-refractivity contribution in [1.82, 2.24) is 5.43 Å². The van der Waals surface area contributed by atoms with E-state index in [1.807, 2.05) is 32.0 Å². The SMILES string of the molecule is Cc1cccc(C(NN)c2ccc(OC(F)F)cc2)c1C. The van der Waals surface area contributed by atoms with Crippen molar-refractivity contribution in [3.05, 3.63) is 64.7 Å². The highest BCUT2D eigenvalue weighted by atomic mass is 19.3. The Morgan fingerprint density at radius 1 is 1.05 bits per heavy atom. The molecule has 0 saturated heterocycles. The highest BCUT2D eigenvalue weighted by Crippen LogP contribution is 2.27. The van der Waals surface area contributed by atoms with E-state index in [-0.39, 0.29) is 11.8 Å². The third-order valence-corrected chi connectivity index (χ3v) is 3.56. The van der Waals surface area contributed by atoms with Gasteiger partial charge in [-0.2, -0.15) is 8.78 Å². The van der Waals surface area contributed by atoms with Crippen molar-refractivity contribution in [3.63, 3.8) is 0 Å². The van der Waals surface area contributed by atoms with E-state index in [2.05, 4.69) is 10.2 Å². The molecule has 0 aliphatic heterocycles. The van der Waals surface area contributed by atoms with Crippen molar-refractivity contribution in [2.24, 2.45) is 5.84 Å². The molecule has 2 rings (SSSR count). The Bertz CT molecular complexity index is 600. The quantitative estimate of drug-likeness (QED) is 0.655. The van der Waals surface area contributed by atoms with Crippen LogP contribution >= 0.6 is 0 Å². The van der Waals surface area contributed by atoms with Crippen LogP contribution in [0.3, 0.4) is 0 Å². The fourth-order valence-electron chi connectivity index (χ4n) is 2.29. The molecule has 1 atom stereocenters. The number of alkyl halides is 2. The van der Waals surface area contributed by atoms with Crippen LogP contribution in [0.5, 0.6) is 5.75 Å². The van der Waals surface area contributed by atoms with Gasteiger partial charge in [0.2, 0.25) is 0 Å². The molecule has 0 aromatic heterocycles. The van der Waals surface area contributed by atoms with Crippen molar-refractivity contribution in [1.29, 1.82) is 0 Å². The lowest BCUT2D eigenvalue weighted by molar-refractivity contribution is -0.0498. The summed E-state index contributed by atoms with van der Waals surface area (Å²) < 4.78 is 28.7. The molecule has 0 amide bonds. The Labute approximate surface area is 122 Å². The molecule has 5 heteroatoms. The molecule has 0 bridgehead atoms. The average Bonchev–Trinajstić information content (AvgIpc) is 2.45. The molecular formula is C16H18F2N2O. The minimum Gasteiger partial charge on any atom is -0.435 e. The normalized spacial score (nSPS) is 12.5. The maximum atomic E-state index is 12.2. The number of benzene rings is 2. The predicted octanol–water partition coefficient (Wildman–Crippen LogP) is 3.46. The monoisotopic (exact) mass is 292 g/mol. The second-order valence-corrected chi connectivity index (χ2v) is 4.84. The number of hydrazine groups is 1. The number of hydrogen-bond acceptors (Lipinski definition) is 3. The summed E-state index contributed by atoms with van der Waals surface area (Å²) in [5.74, 6) is 5.80. The minimum absolute atomic E-state index is 0.130. The van der Waals surface area contributed by atoms with Crippen LogP contribution in [0.2, 0.25) is 0 Å². The van der Waals surface area contributed by atoms with E-state index < -0.39 is 6.61 Å². The molecule has 0 aliphatic carbocycles. The van der Waals surface area contributed by atoms with Gasteiger partial charge in [-0.3, -0.25) is 5.84 Å². The number of nitrogens with two attached hydrogens (primary N) is 1. The van der Waals surface area contributed by atoms with Crippen molar-refractivity contribution in [2.45, 2.75) is 26.5 Å². The molecule has 3 N–H and O–H groups in total. The molecule has 3 nitrogen and oxygen atoms in total. The number of rotatable bonds is 5. The van der Waals surface area contributed by atoms with E-state index in [1.165, 1.54) is 17.7 Å². The first-order valence-corrected chi connectivity index (χ1v) is 6.60. The summed E-state index contributed by atoms with van der Waals surface area (Å²) in [6.45, 7) is 1.24. The van der Waals surface area contributed by atoms with Gasteiger partial charge in [0, 0.05) is 0 Å². The summed E-state index contributed by atoms with van der Waals surface area (Å²) >= 11 is 0. The molecular weight excluding hydrogens is 274 g/mol. The standard InChI is InChI=1S/C16H18F2N2O/c1-10-4-3-5-14(11(10)2)15(20-19)12-6-8-13(9-7-12)21-16(17)18/h3-9,15-16,20H,19H2,1-2H3. The van der Waals surface area contributed by atoms with Gasteiger partial charge in [0.25, 0.3) is 0 Å². The van der Waals surface area contributed by atoms with Crippen LogP contribution in [0.4, 0.5) is 8.78 Å². The van der Waals surface area contributed by atoms with E-state index >= 15 is 0 Å². The van der Waals surface area contributed by atoms with Crippen LogP contribution in [-0.2, 0) is 0 Å². The van der Waals surface area contributed by atoms with E-state index in [4.69, 9.17) is 5.84 Å². The first-order chi connectivity index (χ1) is 10.0. The van der Waals surface area contributed by atoms with Gasteiger partial charge >= 0.3 is 6.61 Å². The Morgan fingerprint density at radius 3 is 2.29 bits per heavy atom. The topological polar surface area (TPSA) is 47.3 Å². The summed E-state index contributed by atoms with van der Waals surface area (Å²) in [5.41, 5.74) is 7.03. The summed E-state index contributed by atoms with van der Waals surface area (Å²) in [4.78, 5) is 0. The van der Waals surface area contributed by atoms with Crippen LogP contribution in [0.25, 0.3) is 0 Å². The molecule has 0 spiro atoms. The van der Waals surface area contributed by atoms with Crippen LogP contribution in [0.1, 0.15) is 28.3 Å². The van der Waals surface area contributed by atoms with Crippen LogP contribution in [0.15, 0.2) is 42.5 Å². The number of aryl methyl sites for hydroxylation is 1. The molecule has 0 radical (unpaired) electrons. The summed E-state index contributed by atoms with van der Waals surface area (Å²) in [6, 6.07) is 12.3. The Hall–Kier alpha value is -1.98. The van der Waals surface area contributed by atoms with Crippen LogP contribution < -0.4 is 16.0 Å². The third-order valence-electron chi connectivity index (χ3n) is 3.56. The van der Waals surface area contributed by atoms with Crippen molar-refractivity contribution in [3.8, 4) is 5.75 Å². The van der Waals surface area contributed by atoms with Gasteiger partial charge in [0.15, 0.2) is 0 Å². The lowest BCUT2D eigenvalue weighted by atomic mass is 9.93. The number of hydrogen-bond donors (Lipinski definition) is 2. The second kappa shape index (κ2) is 6.65. The highest BCUT2D eigenvalue weighted by molar-refractivity contribution is 5.41. The van der Waals surface area contributed by atoms with Gasteiger partial charge in [-0.1, -0.05) is 30.3 Å². The third kappa shape index (κ3) is 3.56. The van der Waals surface area contributed by atoms with E-state index in [9.17, 15) is 8.78 Å². The van der Waals surface area contributed by atoms with Gasteiger partial charge < -0.3 is 4.74 Å². The lowest BCUT2D eigenvalue weighted by Crippen LogP contribution is -2.29. The fraction of sp³-hybridized carbons (Fsp3) is 0.250. The van der Waals surface area contributed by atoms with Gasteiger partial charge in [-0.15, -0.1) is 0 Å². The molecule has 21 heavy (non-hydrogen) atoms. The highest BCUT2D eigenvalue weighted by Gasteiger charge is 2.15. The Balaban J connectivity index is 2.31. The smallest absolute Gasteiger partial charge is 0.387 e. The summed E-state index contributed by atoms with van der Waals surface area (Å²) in [6.07, 6.45) is 0. The summed E-state index contributed by atoms with van der Waals surface area (Å²) in [5, 5.41) is 0. The largest absolute Gasteiger partial charge is 0.435 e. The molecule has 0 fully saturated rings. The van der Waals surface area contributed by atoms with Crippen LogP contribution in [-0.4, -0.2) is 6.61 Å². The predicted molar refractivity (Wildman–Crippen MR) is 78.2 cm³/mol. The summed E-state index contributed by atoms with van der Waals surface area (Å²) in [7, 11) is 0. The zero-order valence-electron chi connectivity index (χ0n) is 11.9. The Kier molecular flexibility index (Phi) is 4.88. The van der Waals surface area contributed by atoms with Gasteiger partial charge in [-0.25, -0.2) is 5.43 Å². The average molecular weight is 292 g/mol. The van der Waals surface area contributed by atoms with Crippen LogP contribution in [0, 0.1) is 13.8 Å². The van der Waals surface area contributed by atoms with E-state index in [0.717, 1.165) is 16.7 Å². The van der Waals surface area contributed by atoms with Crippen molar-refractivity contribution >= 4 is 0 Å². The first kappa shape index (κ1) is 15.4. The minimum atomic E-state index is -2.82. The van der Waals surface area contributed by atoms with Gasteiger partial charge in [0.1, 0.15) is 5.75 Å². The Morgan fingerprint density at radius 2 is 1.71 bits per heavy atom. The first-order valence-electron chi connectivity index (χ1n) is 6.60. The van der Waals surface area contributed by atoms with Crippen molar-refractivity contribution in [2.75, 3.05) is 0 Å². The zero-order valence-corrected chi connectivity index (χ0v) is 11.9. The van der Waals surface area contributed by atoms with Gasteiger partial charge in [-0.05, 0) is 48.2 Å². The fourth-order valence-corrected chi connectivity index (χ4v) is 2.29. The van der Waals surface area contributed by atoms with Gasteiger partial charge in [0.05, 0.1) is 6.04 Å². The molecule has 2 aromatic carbocycles.